The highest BCUT2D eigenvalue weighted by atomic mass is 35.5. The summed E-state index contributed by atoms with van der Waals surface area (Å²) in [6, 6.07) is 6.72. The van der Waals surface area contributed by atoms with Crippen LogP contribution < -0.4 is 0 Å². The Labute approximate surface area is 131 Å². The normalized spacial score (nSPS) is 13.9. The van der Waals surface area contributed by atoms with Crippen LogP contribution in [0, 0.1) is 0 Å². The van der Waals surface area contributed by atoms with E-state index in [1.807, 2.05) is 6.07 Å². The first-order chi connectivity index (χ1) is 10.0. The van der Waals surface area contributed by atoms with Gasteiger partial charge in [-0.2, -0.15) is 0 Å². The number of carbonyl (C=O) groups is 1. The molecule has 0 unspecified atom stereocenters. The average molecular weight is 323 g/mol. The zero-order valence-corrected chi connectivity index (χ0v) is 12.5. The van der Waals surface area contributed by atoms with E-state index >= 15 is 0 Å². The molecule has 6 heteroatoms. The number of pyridine rings is 1. The maximum Gasteiger partial charge on any atom is 0.255 e. The number of phenolic OH excluding ortho intramolecular Hbond substituents is 1. The van der Waals surface area contributed by atoms with E-state index < -0.39 is 0 Å². The van der Waals surface area contributed by atoms with Crippen molar-refractivity contribution < 1.29 is 9.90 Å². The first-order valence-electron chi connectivity index (χ1n) is 6.45. The summed E-state index contributed by atoms with van der Waals surface area (Å²) in [6.45, 7) is 1.05. The summed E-state index contributed by atoms with van der Waals surface area (Å²) in [5.74, 6) is 0.0197. The van der Waals surface area contributed by atoms with Crippen molar-refractivity contribution in [2.24, 2.45) is 0 Å². The van der Waals surface area contributed by atoms with Gasteiger partial charge < -0.3 is 10.0 Å². The number of rotatable bonds is 1. The molecule has 1 aliphatic heterocycles. The number of carbonyl (C=O) groups excluding carboxylic acids is 1. The molecule has 108 valence electrons. The number of nitrogens with zero attached hydrogens (tertiary/aromatic N) is 2. The van der Waals surface area contributed by atoms with Crippen molar-refractivity contribution in [2.75, 3.05) is 6.54 Å². The molecule has 0 saturated carbocycles. The molecule has 0 bridgehead atoms. The molecule has 0 saturated heterocycles. The first-order valence-corrected chi connectivity index (χ1v) is 7.21. The van der Waals surface area contributed by atoms with E-state index in [0.717, 1.165) is 17.5 Å². The Hall–Kier alpha value is -1.78. The third-order valence-corrected chi connectivity index (χ3v) is 4.05. The van der Waals surface area contributed by atoms with Gasteiger partial charge in [0.05, 0.1) is 10.6 Å². The Kier molecular flexibility index (Phi) is 3.74. The molecule has 21 heavy (non-hydrogen) atoms. The van der Waals surface area contributed by atoms with Crippen LogP contribution in [-0.4, -0.2) is 27.4 Å². The summed E-state index contributed by atoms with van der Waals surface area (Å²) in [5.41, 5.74) is 2.45. The van der Waals surface area contributed by atoms with Crippen molar-refractivity contribution in [1.82, 2.24) is 9.88 Å². The highest BCUT2D eigenvalue weighted by Crippen LogP contribution is 2.26. The molecule has 1 aromatic carbocycles. The molecule has 1 aliphatic rings. The Balaban J connectivity index is 1.88. The Morgan fingerprint density at radius 2 is 2.05 bits per heavy atom. The number of amides is 1. The molecule has 0 fully saturated rings. The number of hydrogen-bond donors (Lipinski definition) is 1. The fourth-order valence-electron chi connectivity index (χ4n) is 2.46. The third-order valence-electron chi connectivity index (χ3n) is 3.54. The van der Waals surface area contributed by atoms with Gasteiger partial charge in [0.15, 0.2) is 0 Å². The molecule has 2 aromatic rings. The second-order valence-electron chi connectivity index (χ2n) is 4.92. The van der Waals surface area contributed by atoms with Gasteiger partial charge in [0, 0.05) is 19.3 Å². The van der Waals surface area contributed by atoms with Crippen LogP contribution >= 0.6 is 23.2 Å². The third kappa shape index (κ3) is 2.82. The Morgan fingerprint density at radius 3 is 2.86 bits per heavy atom. The molecule has 4 nitrogen and oxygen atoms in total. The molecule has 0 aliphatic carbocycles. The summed E-state index contributed by atoms with van der Waals surface area (Å²) in [4.78, 5) is 18.1. The fourth-order valence-corrected chi connectivity index (χ4v) is 2.81. The summed E-state index contributed by atoms with van der Waals surface area (Å²) in [7, 11) is 0. The minimum absolute atomic E-state index is 0.182. The lowest BCUT2D eigenvalue weighted by Crippen LogP contribution is -2.36. The molecule has 2 heterocycles. The van der Waals surface area contributed by atoms with Crippen LogP contribution in [0.25, 0.3) is 0 Å². The number of benzene rings is 1. The smallest absolute Gasteiger partial charge is 0.255 e. The lowest BCUT2D eigenvalue weighted by molar-refractivity contribution is 0.0734. The highest BCUT2D eigenvalue weighted by molar-refractivity contribution is 6.35. The van der Waals surface area contributed by atoms with E-state index in [9.17, 15) is 9.90 Å². The van der Waals surface area contributed by atoms with E-state index in [-0.39, 0.29) is 21.8 Å². The summed E-state index contributed by atoms with van der Waals surface area (Å²) in [6.07, 6.45) is 2.12. The van der Waals surface area contributed by atoms with Gasteiger partial charge in [-0.15, -0.1) is 0 Å². The van der Waals surface area contributed by atoms with E-state index in [1.54, 1.807) is 17.0 Å². The largest absolute Gasteiger partial charge is 0.508 e. The molecular formula is C15H12Cl2N2O2. The van der Waals surface area contributed by atoms with Crippen LogP contribution in [0.4, 0.5) is 0 Å². The fraction of sp³-hybridized carbons (Fsp3) is 0.200. The topological polar surface area (TPSA) is 53.4 Å². The van der Waals surface area contributed by atoms with Crippen molar-refractivity contribution in [3.63, 3.8) is 0 Å². The van der Waals surface area contributed by atoms with Gasteiger partial charge >= 0.3 is 0 Å². The SMILES string of the molecule is O=C(c1cc(Cl)ncc1Cl)N1CCc2ccc(O)cc2C1. The lowest BCUT2D eigenvalue weighted by Gasteiger charge is -2.29. The van der Waals surface area contributed by atoms with Crippen LogP contribution in [-0.2, 0) is 13.0 Å². The van der Waals surface area contributed by atoms with Crippen LogP contribution in [0.2, 0.25) is 10.2 Å². The standard InChI is InChI=1S/C15H12Cl2N2O2/c16-13-7-18-14(17)6-12(13)15(21)19-4-3-9-1-2-11(20)5-10(9)8-19/h1-2,5-7,20H,3-4,8H2. The van der Waals surface area contributed by atoms with Gasteiger partial charge in [0.25, 0.3) is 5.91 Å². The zero-order valence-electron chi connectivity index (χ0n) is 11.0. The van der Waals surface area contributed by atoms with Crippen LogP contribution in [0.1, 0.15) is 21.5 Å². The van der Waals surface area contributed by atoms with E-state index in [2.05, 4.69) is 4.98 Å². The summed E-state index contributed by atoms with van der Waals surface area (Å²) in [5, 5.41) is 10.1. The molecule has 3 rings (SSSR count). The molecule has 0 spiro atoms. The maximum atomic E-state index is 12.6. The van der Waals surface area contributed by atoms with Crippen LogP contribution in [0.15, 0.2) is 30.5 Å². The number of halogens is 2. The average Bonchev–Trinajstić information content (AvgIpc) is 2.48. The minimum atomic E-state index is -0.182. The maximum absolute atomic E-state index is 12.6. The molecular weight excluding hydrogens is 311 g/mol. The van der Waals surface area contributed by atoms with E-state index in [4.69, 9.17) is 23.2 Å². The number of phenols is 1. The molecule has 0 radical (unpaired) electrons. The van der Waals surface area contributed by atoms with E-state index in [0.29, 0.717) is 18.7 Å². The van der Waals surface area contributed by atoms with Gasteiger partial charge in [-0.05, 0) is 35.7 Å². The molecule has 1 N–H and O–H groups in total. The number of fused-ring (bicyclic) bond motifs is 1. The lowest BCUT2D eigenvalue weighted by atomic mass is 9.99. The van der Waals surface area contributed by atoms with Crippen LogP contribution in [0.3, 0.4) is 0 Å². The van der Waals surface area contributed by atoms with Crippen molar-refractivity contribution in [2.45, 2.75) is 13.0 Å². The monoisotopic (exact) mass is 322 g/mol. The van der Waals surface area contributed by atoms with Gasteiger partial charge in [-0.3, -0.25) is 4.79 Å². The Bertz CT molecular complexity index is 719. The van der Waals surface area contributed by atoms with Gasteiger partial charge in [0.2, 0.25) is 0 Å². The van der Waals surface area contributed by atoms with Gasteiger partial charge in [-0.1, -0.05) is 29.3 Å². The Morgan fingerprint density at radius 1 is 1.24 bits per heavy atom. The second kappa shape index (κ2) is 5.54. The molecule has 0 atom stereocenters. The predicted molar refractivity (Wildman–Crippen MR) is 80.8 cm³/mol. The quantitative estimate of drug-likeness (QED) is 0.819. The zero-order chi connectivity index (χ0) is 15.0. The van der Waals surface area contributed by atoms with Crippen molar-refractivity contribution in [3.8, 4) is 5.75 Å². The number of hydrogen-bond acceptors (Lipinski definition) is 3. The minimum Gasteiger partial charge on any atom is -0.508 e. The number of aromatic nitrogens is 1. The highest BCUT2D eigenvalue weighted by Gasteiger charge is 2.24. The number of aromatic hydroxyl groups is 1. The van der Waals surface area contributed by atoms with Crippen molar-refractivity contribution in [3.05, 3.63) is 57.3 Å². The summed E-state index contributed by atoms with van der Waals surface area (Å²) < 4.78 is 0. The van der Waals surface area contributed by atoms with Gasteiger partial charge in [-0.25, -0.2) is 4.98 Å². The first kappa shape index (κ1) is 14.2. The molecule has 1 amide bonds. The van der Waals surface area contributed by atoms with Crippen molar-refractivity contribution in [1.29, 1.82) is 0 Å². The second-order valence-corrected chi connectivity index (χ2v) is 5.71. The van der Waals surface area contributed by atoms with Crippen molar-refractivity contribution >= 4 is 29.1 Å². The van der Waals surface area contributed by atoms with Crippen LogP contribution in [0.5, 0.6) is 5.75 Å². The predicted octanol–water partition coefficient (Wildman–Crippen LogP) is 3.29. The van der Waals surface area contributed by atoms with E-state index in [1.165, 1.54) is 12.3 Å². The molecule has 1 aromatic heterocycles. The summed E-state index contributed by atoms with van der Waals surface area (Å²) >= 11 is 11.9. The van der Waals surface area contributed by atoms with Gasteiger partial charge in [0.1, 0.15) is 10.9 Å².